The van der Waals surface area contributed by atoms with E-state index in [1.54, 1.807) is 6.08 Å². The van der Waals surface area contributed by atoms with Crippen LogP contribution in [0.1, 0.15) is 129 Å². The van der Waals surface area contributed by atoms with E-state index in [0.29, 0.717) is 6.42 Å². The van der Waals surface area contributed by atoms with Crippen LogP contribution in [0.2, 0.25) is 0 Å². The number of carbonyl (C=O) groups is 1. The van der Waals surface area contributed by atoms with E-state index in [1.807, 2.05) is 6.08 Å². The molecule has 4 nitrogen and oxygen atoms in total. The Kier molecular flexibility index (Phi) is 32.7. The number of hydrogen-bond donors (Lipinski definition) is 3. The van der Waals surface area contributed by atoms with E-state index in [4.69, 9.17) is 0 Å². The summed E-state index contributed by atoms with van der Waals surface area (Å²) in [6.45, 7) is 4.06. The number of amides is 1. The fourth-order valence-corrected chi connectivity index (χ4v) is 4.36. The first-order valence-electron chi connectivity index (χ1n) is 17.5. The van der Waals surface area contributed by atoms with Crippen LogP contribution < -0.4 is 5.32 Å². The molecule has 2 unspecified atom stereocenters. The molecule has 0 bridgehead atoms. The van der Waals surface area contributed by atoms with Crippen LogP contribution in [0.3, 0.4) is 0 Å². The Labute approximate surface area is 271 Å². The topological polar surface area (TPSA) is 69.6 Å². The molecular formula is C40H65NO3. The zero-order chi connectivity index (χ0) is 32.2. The number of nitrogens with one attached hydrogen (secondary N) is 1. The molecule has 0 aliphatic rings. The predicted octanol–water partition coefficient (Wildman–Crippen LogP) is 10.3. The highest BCUT2D eigenvalue weighted by Gasteiger charge is 2.17. The predicted molar refractivity (Wildman–Crippen MR) is 193 cm³/mol. The number of aliphatic hydroxyl groups is 2. The maximum absolute atomic E-state index is 12.3. The average Bonchev–Trinajstić information content (AvgIpc) is 3.03. The lowest BCUT2D eigenvalue weighted by Gasteiger charge is -2.19. The molecule has 0 radical (unpaired) electrons. The molecule has 3 N–H and O–H groups in total. The maximum atomic E-state index is 12.3. The van der Waals surface area contributed by atoms with Crippen LogP contribution in [0, 0.1) is 0 Å². The highest BCUT2D eigenvalue weighted by Crippen LogP contribution is 2.09. The van der Waals surface area contributed by atoms with Gasteiger partial charge in [0, 0.05) is 6.42 Å². The third kappa shape index (κ3) is 30.8. The second kappa shape index (κ2) is 34.8. The van der Waals surface area contributed by atoms with Gasteiger partial charge in [0.15, 0.2) is 0 Å². The number of hydrogen-bond acceptors (Lipinski definition) is 3. The Bertz CT molecular complexity index is 875. The van der Waals surface area contributed by atoms with Crippen molar-refractivity contribution in [2.24, 2.45) is 0 Å². The molecule has 1 amide bonds. The van der Waals surface area contributed by atoms with Gasteiger partial charge in [-0.15, -0.1) is 0 Å². The Morgan fingerprint density at radius 1 is 0.568 bits per heavy atom. The molecule has 0 heterocycles. The standard InChI is InChI=1S/C40H65NO3/c1-3-5-7-9-11-13-15-16-17-18-19-20-21-22-23-24-26-28-30-32-34-36-40(44)41-38(37-42)39(43)35-33-31-29-27-25-14-12-10-8-6-4-2/h5,7-8,10-11,13,16-17,19-20,22-23,25,27,33,35,38-39,42-43H,3-4,6,9,12,14-15,18,21,24,26,28-32,34,36-37H2,1-2H3,(H,41,44)/b7-5-,10-8+,13-11-,17-16-,20-19-,23-22-,27-25+,35-33+. The Morgan fingerprint density at radius 3 is 1.57 bits per heavy atom. The Morgan fingerprint density at radius 2 is 1.02 bits per heavy atom. The van der Waals surface area contributed by atoms with Gasteiger partial charge in [-0.1, -0.05) is 137 Å². The molecule has 0 aliphatic carbocycles. The monoisotopic (exact) mass is 607 g/mol. The summed E-state index contributed by atoms with van der Waals surface area (Å²) in [5.41, 5.74) is 0. The minimum absolute atomic E-state index is 0.105. The van der Waals surface area contributed by atoms with Gasteiger partial charge in [0.1, 0.15) is 0 Å². The van der Waals surface area contributed by atoms with Crippen molar-refractivity contribution in [1.29, 1.82) is 0 Å². The van der Waals surface area contributed by atoms with Crippen molar-refractivity contribution in [2.45, 2.75) is 142 Å². The average molecular weight is 608 g/mol. The molecule has 0 aromatic carbocycles. The summed E-state index contributed by atoms with van der Waals surface area (Å²) in [5.74, 6) is -0.105. The number of carbonyl (C=O) groups excluding carboxylic acids is 1. The number of aliphatic hydroxyl groups excluding tert-OH is 2. The molecule has 0 spiro atoms. The first-order chi connectivity index (χ1) is 21.7. The smallest absolute Gasteiger partial charge is 0.220 e. The minimum Gasteiger partial charge on any atom is -0.394 e. The summed E-state index contributed by atoms with van der Waals surface area (Å²) < 4.78 is 0. The van der Waals surface area contributed by atoms with Gasteiger partial charge in [0.05, 0.1) is 18.8 Å². The molecule has 0 saturated carbocycles. The van der Waals surface area contributed by atoms with Crippen LogP contribution in [0.15, 0.2) is 97.2 Å². The van der Waals surface area contributed by atoms with Gasteiger partial charge >= 0.3 is 0 Å². The van der Waals surface area contributed by atoms with Crippen LogP contribution in [-0.4, -0.2) is 34.9 Å². The zero-order valence-electron chi connectivity index (χ0n) is 28.1. The number of unbranched alkanes of at least 4 members (excludes halogenated alkanes) is 8. The van der Waals surface area contributed by atoms with Crippen LogP contribution in [0.4, 0.5) is 0 Å². The molecule has 44 heavy (non-hydrogen) atoms. The quantitative estimate of drug-likeness (QED) is 0.0585. The van der Waals surface area contributed by atoms with Gasteiger partial charge in [-0.25, -0.2) is 0 Å². The van der Waals surface area contributed by atoms with Crippen molar-refractivity contribution in [3.8, 4) is 0 Å². The van der Waals surface area contributed by atoms with E-state index in [1.165, 1.54) is 19.3 Å². The van der Waals surface area contributed by atoms with Crippen LogP contribution in [0.25, 0.3) is 0 Å². The van der Waals surface area contributed by atoms with Gasteiger partial charge in [0.2, 0.25) is 5.91 Å². The Hall–Kier alpha value is -2.69. The first-order valence-corrected chi connectivity index (χ1v) is 17.5. The van der Waals surface area contributed by atoms with E-state index >= 15 is 0 Å². The summed E-state index contributed by atoms with van der Waals surface area (Å²) in [7, 11) is 0. The van der Waals surface area contributed by atoms with E-state index in [-0.39, 0.29) is 12.5 Å². The van der Waals surface area contributed by atoms with Gasteiger partial charge in [0.25, 0.3) is 0 Å². The summed E-state index contributed by atoms with van der Waals surface area (Å²) in [6.07, 6.45) is 52.0. The van der Waals surface area contributed by atoms with Gasteiger partial charge in [-0.3, -0.25) is 4.79 Å². The molecule has 0 aromatic rings. The van der Waals surface area contributed by atoms with Crippen molar-refractivity contribution in [2.75, 3.05) is 6.61 Å². The van der Waals surface area contributed by atoms with E-state index in [2.05, 4.69) is 104 Å². The van der Waals surface area contributed by atoms with Gasteiger partial charge in [-0.05, 0) is 83.5 Å². The van der Waals surface area contributed by atoms with Crippen molar-refractivity contribution >= 4 is 5.91 Å². The second-order valence-corrected chi connectivity index (χ2v) is 11.2. The summed E-state index contributed by atoms with van der Waals surface area (Å²) in [4.78, 5) is 12.3. The molecule has 0 aromatic heterocycles. The Balaban J connectivity index is 3.78. The molecule has 0 saturated heterocycles. The fraction of sp³-hybridized carbons (Fsp3) is 0.575. The van der Waals surface area contributed by atoms with Gasteiger partial charge < -0.3 is 15.5 Å². The van der Waals surface area contributed by atoms with Crippen LogP contribution in [-0.2, 0) is 4.79 Å². The highest BCUT2D eigenvalue weighted by molar-refractivity contribution is 5.76. The lowest BCUT2D eigenvalue weighted by atomic mass is 10.1. The zero-order valence-corrected chi connectivity index (χ0v) is 28.1. The number of rotatable bonds is 29. The molecule has 0 fully saturated rings. The lowest BCUT2D eigenvalue weighted by Crippen LogP contribution is -2.45. The number of allylic oxidation sites excluding steroid dienone is 15. The summed E-state index contributed by atoms with van der Waals surface area (Å²) in [5, 5.41) is 22.8. The largest absolute Gasteiger partial charge is 0.394 e. The molecule has 2 atom stereocenters. The highest BCUT2D eigenvalue weighted by atomic mass is 16.3. The molecule has 4 heteroatoms. The fourth-order valence-electron chi connectivity index (χ4n) is 4.36. The molecular weight excluding hydrogens is 542 g/mol. The van der Waals surface area contributed by atoms with E-state index < -0.39 is 12.1 Å². The van der Waals surface area contributed by atoms with E-state index in [0.717, 1.165) is 89.9 Å². The van der Waals surface area contributed by atoms with Gasteiger partial charge in [-0.2, -0.15) is 0 Å². The van der Waals surface area contributed by atoms with Crippen molar-refractivity contribution < 1.29 is 15.0 Å². The molecule has 0 rings (SSSR count). The summed E-state index contributed by atoms with van der Waals surface area (Å²) in [6, 6.07) is -0.660. The second-order valence-electron chi connectivity index (χ2n) is 11.2. The SMILES string of the molecule is CC/C=C\C/C=C\C/C=C\C/C=C\C/C=C\CCCCCCCC(=O)NC(CO)C(O)/C=C/CC/C=C/CC/C=C/CCC. The minimum atomic E-state index is -0.882. The first kappa shape index (κ1) is 41.3. The third-order valence-electron chi connectivity index (χ3n) is 7.01. The normalized spacial score (nSPS) is 14.4. The maximum Gasteiger partial charge on any atom is 0.220 e. The summed E-state index contributed by atoms with van der Waals surface area (Å²) >= 11 is 0. The van der Waals surface area contributed by atoms with E-state index in [9.17, 15) is 15.0 Å². The lowest BCUT2D eigenvalue weighted by molar-refractivity contribution is -0.123. The third-order valence-corrected chi connectivity index (χ3v) is 7.01. The van der Waals surface area contributed by atoms with Crippen molar-refractivity contribution in [3.05, 3.63) is 97.2 Å². The van der Waals surface area contributed by atoms with Crippen LogP contribution in [0.5, 0.6) is 0 Å². The molecule has 248 valence electrons. The van der Waals surface area contributed by atoms with Crippen LogP contribution >= 0.6 is 0 Å². The van der Waals surface area contributed by atoms with Crippen molar-refractivity contribution in [1.82, 2.24) is 5.32 Å². The van der Waals surface area contributed by atoms with Crippen molar-refractivity contribution in [3.63, 3.8) is 0 Å². The molecule has 0 aliphatic heterocycles.